The smallest absolute Gasteiger partial charge is 0.408 e. The molecule has 0 aliphatic heterocycles. The number of anilines is 1. The second-order valence-electron chi connectivity index (χ2n) is 3.87. The fourth-order valence-corrected chi connectivity index (χ4v) is 2.52. The van der Waals surface area contributed by atoms with Crippen molar-refractivity contribution in [2.75, 3.05) is 5.73 Å². The Balaban J connectivity index is 2.20. The Bertz CT molecular complexity index is 769. The van der Waals surface area contributed by atoms with Crippen molar-refractivity contribution in [2.45, 2.75) is 13.5 Å². The van der Waals surface area contributed by atoms with E-state index in [1.807, 2.05) is 30.5 Å². The Labute approximate surface area is 106 Å². The number of hydrogen-bond acceptors (Lipinski definition) is 5. The van der Waals surface area contributed by atoms with Gasteiger partial charge in [-0.3, -0.25) is 4.57 Å². The fraction of sp³-hybridized carbons (Fsp3) is 0.167. The van der Waals surface area contributed by atoms with Crippen LogP contribution < -0.4 is 11.5 Å². The van der Waals surface area contributed by atoms with E-state index in [0.29, 0.717) is 17.3 Å². The molecule has 18 heavy (non-hydrogen) atoms. The number of nitrogen functional groups attached to an aromatic ring is 1. The number of thiazole rings is 1. The Morgan fingerprint density at radius 3 is 3.00 bits per heavy atom. The number of nitrogens with two attached hydrogens (primary N) is 1. The lowest BCUT2D eigenvalue weighted by molar-refractivity contribution is 0.513. The highest BCUT2D eigenvalue weighted by Crippen LogP contribution is 2.26. The molecule has 6 heteroatoms. The van der Waals surface area contributed by atoms with Gasteiger partial charge in [0.1, 0.15) is 0 Å². The molecule has 92 valence electrons. The molecule has 2 N–H and O–H groups in total. The first kappa shape index (κ1) is 11.0. The summed E-state index contributed by atoms with van der Waals surface area (Å²) in [6, 6.07) is 5.60. The molecule has 0 spiro atoms. The lowest BCUT2D eigenvalue weighted by atomic mass is 10.1. The number of fused-ring (bicyclic) bond motifs is 1. The first-order valence-corrected chi connectivity index (χ1v) is 6.41. The van der Waals surface area contributed by atoms with Gasteiger partial charge < -0.3 is 10.2 Å². The fourth-order valence-electron chi connectivity index (χ4n) is 1.95. The maximum absolute atomic E-state index is 11.6. The second kappa shape index (κ2) is 3.99. The molecule has 0 aliphatic carbocycles. The van der Waals surface area contributed by atoms with Crippen LogP contribution in [0.15, 0.2) is 32.8 Å². The highest BCUT2D eigenvalue weighted by atomic mass is 32.1. The van der Waals surface area contributed by atoms with E-state index in [4.69, 9.17) is 10.2 Å². The molecule has 5 nitrogen and oxygen atoms in total. The topological polar surface area (TPSA) is 74.0 Å². The molecule has 0 aliphatic rings. The lowest BCUT2D eigenvalue weighted by Gasteiger charge is -1.98. The van der Waals surface area contributed by atoms with Crippen molar-refractivity contribution in [3.05, 3.63) is 34.1 Å². The van der Waals surface area contributed by atoms with Crippen molar-refractivity contribution in [2.24, 2.45) is 0 Å². The van der Waals surface area contributed by atoms with Gasteiger partial charge in [-0.2, -0.15) is 0 Å². The highest BCUT2D eigenvalue weighted by Gasteiger charge is 2.10. The molecule has 2 heterocycles. The molecular weight excluding hydrogens is 250 g/mol. The van der Waals surface area contributed by atoms with E-state index in [2.05, 4.69) is 4.98 Å². The molecule has 3 rings (SSSR count). The summed E-state index contributed by atoms with van der Waals surface area (Å²) in [4.78, 5) is 15.8. The van der Waals surface area contributed by atoms with Gasteiger partial charge in [0.05, 0.1) is 11.2 Å². The van der Waals surface area contributed by atoms with Crippen LogP contribution in [0.3, 0.4) is 0 Å². The number of aryl methyl sites for hydroxylation is 1. The molecule has 0 bridgehead atoms. The molecule has 0 unspecified atom stereocenters. The molecular formula is C12H11N3O2S. The molecule has 2 aromatic heterocycles. The third-order valence-corrected chi connectivity index (χ3v) is 3.48. The summed E-state index contributed by atoms with van der Waals surface area (Å²) >= 11 is 1.39. The quantitative estimate of drug-likeness (QED) is 0.768. The first-order valence-electron chi connectivity index (χ1n) is 5.54. The van der Waals surface area contributed by atoms with Gasteiger partial charge in [-0.15, -0.1) is 11.3 Å². The largest absolute Gasteiger partial charge is 0.419 e. The van der Waals surface area contributed by atoms with E-state index in [-0.39, 0.29) is 5.76 Å². The predicted octanol–water partition coefficient (Wildman–Crippen LogP) is 2.32. The Kier molecular flexibility index (Phi) is 2.45. The van der Waals surface area contributed by atoms with Crippen molar-refractivity contribution in [1.29, 1.82) is 0 Å². The Morgan fingerprint density at radius 1 is 1.50 bits per heavy atom. The van der Waals surface area contributed by atoms with E-state index in [1.165, 1.54) is 11.3 Å². The number of nitrogens with zero attached hydrogens (tertiary/aromatic N) is 2. The van der Waals surface area contributed by atoms with E-state index in [9.17, 15) is 4.79 Å². The van der Waals surface area contributed by atoms with Gasteiger partial charge in [0, 0.05) is 17.5 Å². The minimum atomic E-state index is -0.331. The standard InChI is InChI=1S/C12H11N3O2S/c1-2-15-9-4-3-7(5-10(9)17-12(15)16)8-6-18-11(13)14-8/h3-6H,2H2,1H3,(H2,13,14). The molecule has 1 aromatic carbocycles. The van der Waals surface area contributed by atoms with Crippen molar-refractivity contribution in [1.82, 2.24) is 9.55 Å². The third-order valence-electron chi connectivity index (χ3n) is 2.80. The second-order valence-corrected chi connectivity index (χ2v) is 4.76. The molecule has 0 saturated carbocycles. The van der Waals surface area contributed by atoms with E-state index in [1.54, 1.807) is 4.57 Å². The van der Waals surface area contributed by atoms with Crippen LogP contribution in [0.1, 0.15) is 6.92 Å². The van der Waals surface area contributed by atoms with Crippen LogP contribution in [0.5, 0.6) is 0 Å². The van der Waals surface area contributed by atoms with Gasteiger partial charge in [-0.1, -0.05) is 6.07 Å². The number of aromatic nitrogens is 2. The van der Waals surface area contributed by atoms with Crippen LogP contribution in [0.2, 0.25) is 0 Å². The number of oxazole rings is 1. The van der Waals surface area contributed by atoms with Crippen molar-refractivity contribution in [3.63, 3.8) is 0 Å². The summed E-state index contributed by atoms with van der Waals surface area (Å²) < 4.78 is 6.80. The van der Waals surface area contributed by atoms with Gasteiger partial charge in [0.25, 0.3) is 0 Å². The van der Waals surface area contributed by atoms with Crippen LogP contribution >= 0.6 is 11.3 Å². The first-order chi connectivity index (χ1) is 8.69. The van der Waals surface area contributed by atoms with Crippen molar-refractivity contribution >= 4 is 27.6 Å². The highest BCUT2D eigenvalue weighted by molar-refractivity contribution is 7.13. The SMILES string of the molecule is CCn1c(=O)oc2cc(-c3csc(N)n3)ccc21. The van der Waals surface area contributed by atoms with Crippen molar-refractivity contribution < 1.29 is 4.42 Å². The van der Waals surface area contributed by atoms with Gasteiger partial charge in [0.15, 0.2) is 10.7 Å². The summed E-state index contributed by atoms with van der Waals surface area (Å²) in [6.07, 6.45) is 0. The summed E-state index contributed by atoms with van der Waals surface area (Å²) in [5.74, 6) is -0.331. The Hall–Kier alpha value is -2.08. The summed E-state index contributed by atoms with van der Waals surface area (Å²) in [5.41, 5.74) is 8.68. The summed E-state index contributed by atoms with van der Waals surface area (Å²) in [5, 5.41) is 2.41. The molecule has 0 amide bonds. The molecule has 3 aromatic rings. The van der Waals surface area contributed by atoms with Crippen LogP contribution in [-0.2, 0) is 6.54 Å². The third kappa shape index (κ3) is 1.62. The summed E-state index contributed by atoms with van der Waals surface area (Å²) in [7, 11) is 0. The maximum Gasteiger partial charge on any atom is 0.419 e. The minimum absolute atomic E-state index is 0.331. The Morgan fingerprint density at radius 2 is 2.33 bits per heavy atom. The van der Waals surface area contributed by atoms with Crippen molar-refractivity contribution in [3.8, 4) is 11.3 Å². The summed E-state index contributed by atoms with van der Waals surface area (Å²) in [6.45, 7) is 2.50. The maximum atomic E-state index is 11.6. The van der Waals surface area contributed by atoms with E-state index < -0.39 is 0 Å². The molecule has 0 fully saturated rings. The average molecular weight is 261 g/mol. The number of rotatable bonds is 2. The minimum Gasteiger partial charge on any atom is -0.408 e. The lowest BCUT2D eigenvalue weighted by Crippen LogP contribution is -2.11. The molecule has 0 atom stereocenters. The number of hydrogen-bond donors (Lipinski definition) is 1. The zero-order valence-corrected chi connectivity index (χ0v) is 10.5. The monoisotopic (exact) mass is 261 g/mol. The van der Waals surface area contributed by atoms with Crippen LogP contribution in [0.25, 0.3) is 22.4 Å². The van der Waals surface area contributed by atoms with Crippen LogP contribution in [0.4, 0.5) is 5.13 Å². The van der Waals surface area contributed by atoms with Gasteiger partial charge in [0.2, 0.25) is 0 Å². The molecule has 0 saturated heterocycles. The zero-order valence-electron chi connectivity index (χ0n) is 9.71. The normalized spacial score (nSPS) is 11.2. The predicted molar refractivity (Wildman–Crippen MR) is 71.7 cm³/mol. The van der Waals surface area contributed by atoms with Gasteiger partial charge >= 0.3 is 5.76 Å². The van der Waals surface area contributed by atoms with Gasteiger partial charge in [-0.25, -0.2) is 9.78 Å². The zero-order chi connectivity index (χ0) is 12.7. The van der Waals surface area contributed by atoms with Crippen LogP contribution in [-0.4, -0.2) is 9.55 Å². The van der Waals surface area contributed by atoms with Crippen LogP contribution in [0, 0.1) is 0 Å². The average Bonchev–Trinajstić information content (AvgIpc) is 2.90. The molecule has 0 radical (unpaired) electrons. The van der Waals surface area contributed by atoms with E-state index >= 15 is 0 Å². The van der Waals surface area contributed by atoms with Gasteiger partial charge in [-0.05, 0) is 19.1 Å². The van der Waals surface area contributed by atoms with E-state index in [0.717, 1.165) is 16.8 Å². The number of benzene rings is 1.